The molecular formula is C24H23F3N4O. The molecule has 0 spiro atoms. The summed E-state index contributed by atoms with van der Waals surface area (Å²) in [6.07, 6.45) is 1.51. The van der Waals surface area contributed by atoms with Crippen LogP contribution in [0.4, 0.5) is 18.9 Å². The number of carbonyl (C=O) groups excluding carboxylic acids is 1. The van der Waals surface area contributed by atoms with E-state index in [4.69, 9.17) is 0 Å². The Morgan fingerprint density at radius 2 is 2.00 bits per heavy atom. The predicted molar refractivity (Wildman–Crippen MR) is 115 cm³/mol. The number of Topliss-reactive ketones (excluding diaryl/α,β-unsaturated/α-hetero) is 1. The number of aryl methyl sites for hydroxylation is 1. The van der Waals surface area contributed by atoms with Gasteiger partial charge in [-0.1, -0.05) is 24.3 Å². The lowest BCUT2D eigenvalue weighted by atomic mass is 9.96. The van der Waals surface area contributed by atoms with Crippen LogP contribution in [0.15, 0.2) is 48.9 Å². The fourth-order valence-corrected chi connectivity index (χ4v) is 3.84. The molecule has 0 fully saturated rings. The fourth-order valence-electron chi connectivity index (χ4n) is 3.84. The number of benzene rings is 1. The van der Waals surface area contributed by atoms with Crippen molar-refractivity contribution in [2.24, 2.45) is 0 Å². The molecule has 1 atom stereocenters. The number of ketones is 1. The minimum Gasteiger partial charge on any atom is -0.365 e. The third kappa shape index (κ3) is 4.79. The molecular weight excluding hydrogens is 417 g/mol. The van der Waals surface area contributed by atoms with Gasteiger partial charge in [-0.25, -0.2) is 9.97 Å². The molecule has 0 amide bonds. The van der Waals surface area contributed by atoms with Gasteiger partial charge in [0.05, 0.1) is 23.5 Å². The first-order valence-corrected chi connectivity index (χ1v) is 10.4. The third-order valence-electron chi connectivity index (χ3n) is 5.77. The van der Waals surface area contributed by atoms with E-state index in [2.05, 4.69) is 19.9 Å². The van der Waals surface area contributed by atoms with E-state index in [9.17, 15) is 18.0 Å². The van der Waals surface area contributed by atoms with E-state index in [1.165, 1.54) is 18.3 Å². The van der Waals surface area contributed by atoms with Crippen molar-refractivity contribution in [1.82, 2.24) is 15.0 Å². The molecule has 3 heterocycles. The lowest BCUT2D eigenvalue weighted by Gasteiger charge is -2.29. The quantitative estimate of drug-likeness (QED) is 0.532. The minimum absolute atomic E-state index is 0.0134. The van der Waals surface area contributed by atoms with Crippen molar-refractivity contribution in [2.45, 2.75) is 45.3 Å². The molecule has 0 saturated heterocycles. The number of aromatic nitrogens is 3. The van der Waals surface area contributed by atoms with Crippen LogP contribution in [0.2, 0.25) is 0 Å². The molecule has 2 aromatic heterocycles. The normalized spacial score (nSPS) is 14.7. The highest BCUT2D eigenvalue weighted by Crippen LogP contribution is 2.34. The van der Waals surface area contributed by atoms with Gasteiger partial charge in [0.25, 0.3) is 0 Å². The Balaban J connectivity index is 1.49. The largest absolute Gasteiger partial charge is 0.395 e. The first-order valence-electron chi connectivity index (χ1n) is 10.4. The van der Waals surface area contributed by atoms with Gasteiger partial charge in [-0.3, -0.25) is 9.78 Å². The molecule has 1 aliphatic rings. The number of anilines is 1. The molecule has 1 aliphatic heterocycles. The van der Waals surface area contributed by atoms with Crippen LogP contribution in [-0.4, -0.2) is 33.5 Å². The van der Waals surface area contributed by atoms with E-state index in [0.717, 1.165) is 42.7 Å². The molecule has 166 valence electrons. The van der Waals surface area contributed by atoms with Gasteiger partial charge < -0.3 is 4.90 Å². The summed E-state index contributed by atoms with van der Waals surface area (Å²) in [4.78, 5) is 28.0. The van der Waals surface area contributed by atoms with Gasteiger partial charge in [0.1, 0.15) is 5.82 Å². The average molecular weight is 440 g/mol. The number of alkyl halides is 3. The van der Waals surface area contributed by atoms with Crippen LogP contribution in [-0.2, 0) is 19.4 Å². The van der Waals surface area contributed by atoms with E-state index >= 15 is 0 Å². The second kappa shape index (κ2) is 8.68. The summed E-state index contributed by atoms with van der Waals surface area (Å²) in [5, 5.41) is 0. The van der Waals surface area contributed by atoms with Crippen LogP contribution in [0.25, 0.3) is 0 Å². The SMILES string of the molecule is Cc1ncc2c(n1)CCN(c1cncc(C(=O)Cc3cccc(C(C)C(F)(F)F)c3)c1)C2. The molecule has 1 unspecified atom stereocenters. The highest BCUT2D eigenvalue weighted by Gasteiger charge is 2.37. The summed E-state index contributed by atoms with van der Waals surface area (Å²) in [5.41, 5.74) is 4.05. The van der Waals surface area contributed by atoms with Crippen LogP contribution in [0.5, 0.6) is 0 Å². The Labute approximate surface area is 184 Å². The first kappa shape index (κ1) is 21.9. The van der Waals surface area contributed by atoms with Crippen molar-refractivity contribution >= 4 is 11.5 Å². The maximum Gasteiger partial charge on any atom is 0.395 e. The Hall–Kier alpha value is -3.29. The molecule has 0 aliphatic carbocycles. The topological polar surface area (TPSA) is 59.0 Å². The van der Waals surface area contributed by atoms with Crippen LogP contribution in [0.3, 0.4) is 0 Å². The van der Waals surface area contributed by atoms with Crippen molar-refractivity contribution in [2.75, 3.05) is 11.4 Å². The Kier molecular flexibility index (Phi) is 5.95. The number of pyridine rings is 1. The summed E-state index contributed by atoms with van der Waals surface area (Å²) in [5.74, 6) is -1.02. The van der Waals surface area contributed by atoms with E-state index in [1.807, 2.05) is 13.1 Å². The molecule has 3 aromatic rings. The number of rotatable bonds is 5. The number of nitrogens with zero attached hydrogens (tertiary/aromatic N) is 4. The van der Waals surface area contributed by atoms with E-state index < -0.39 is 12.1 Å². The standard InChI is InChI=1S/C24H23F3N4O/c1-15(24(25,26)27)18-5-3-4-17(8-18)9-23(32)19-10-21(13-28-11-19)31-7-6-22-20(14-31)12-29-16(2)30-22/h3-5,8,10-13,15H,6-7,9,14H2,1-2H3. The highest BCUT2D eigenvalue weighted by atomic mass is 19.4. The van der Waals surface area contributed by atoms with E-state index in [0.29, 0.717) is 17.7 Å². The highest BCUT2D eigenvalue weighted by molar-refractivity contribution is 5.98. The lowest BCUT2D eigenvalue weighted by molar-refractivity contribution is -0.146. The van der Waals surface area contributed by atoms with Gasteiger partial charge >= 0.3 is 6.18 Å². The molecule has 0 saturated carbocycles. The zero-order valence-corrected chi connectivity index (χ0v) is 17.9. The van der Waals surface area contributed by atoms with Crippen LogP contribution >= 0.6 is 0 Å². The monoisotopic (exact) mass is 440 g/mol. The van der Waals surface area contributed by atoms with Crippen molar-refractivity contribution in [3.63, 3.8) is 0 Å². The second-order valence-electron chi connectivity index (χ2n) is 8.10. The second-order valence-corrected chi connectivity index (χ2v) is 8.10. The molecule has 4 rings (SSSR count). The summed E-state index contributed by atoms with van der Waals surface area (Å²) < 4.78 is 39.1. The third-order valence-corrected chi connectivity index (χ3v) is 5.77. The minimum atomic E-state index is -4.32. The first-order chi connectivity index (χ1) is 15.2. The van der Waals surface area contributed by atoms with Gasteiger partial charge in [-0.05, 0) is 31.0 Å². The number of carbonyl (C=O) groups is 1. The average Bonchev–Trinajstić information content (AvgIpc) is 2.78. The molecule has 0 bridgehead atoms. The summed E-state index contributed by atoms with van der Waals surface area (Å²) in [7, 11) is 0. The van der Waals surface area contributed by atoms with Crippen LogP contribution in [0.1, 0.15) is 51.4 Å². The number of hydrogen-bond acceptors (Lipinski definition) is 5. The maximum absolute atomic E-state index is 13.0. The van der Waals surface area contributed by atoms with Crippen LogP contribution < -0.4 is 4.90 Å². The summed E-state index contributed by atoms with van der Waals surface area (Å²) >= 11 is 0. The smallest absolute Gasteiger partial charge is 0.365 e. The Bertz CT molecular complexity index is 1150. The van der Waals surface area contributed by atoms with Gasteiger partial charge in [-0.15, -0.1) is 0 Å². The lowest BCUT2D eigenvalue weighted by Crippen LogP contribution is -2.31. The Morgan fingerprint density at radius 1 is 1.19 bits per heavy atom. The summed E-state index contributed by atoms with van der Waals surface area (Å²) in [6.45, 7) is 4.37. The van der Waals surface area contributed by atoms with Gasteiger partial charge in [0.2, 0.25) is 0 Å². The molecule has 0 N–H and O–H groups in total. The van der Waals surface area contributed by atoms with Crippen LogP contribution in [0, 0.1) is 6.92 Å². The van der Waals surface area contributed by atoms with Gasteiger partial charge in [0.15, 0.2) is 5.78 Å². The zero-order valence-electron chi connectivity index (χ0n) is 17.9. The van der Waals surface area contributed by atoms with Crippen molar-refractivity contribution < 1.29 is 18.0 Å². The van der Waals surface area contributed by atoms with Gasteiger partial charge in [-0.2, -0.15) is 13.2 Å². The molecule has 5 nitrogen and oxygen atoms in total. The predicted octanol–water partition coefficient (Wildman–Crippen LogP) is 4.83. The van der Waals surface area contributed by atoms with Gasteiger partial charge in [0, 0.05) is 49.5 Å². The Morgan fingerprint density at radius 3 is 2.78 bits per heavy atom. The zero-order chi connectivity index (χ0) is 22.9. The molecule has 8 heteroatoms. The summed E-state index contributed by atoms with van der Waals surface area (Å²) in [6, 6.07) is 7.91. The molecule has 0 radical (unpaired) electrons. The van der Waals surface area contributed by atoms with E-state index in [-0.39, 0.29) is 17.8 Å². The van der Waals surface area contributed by atoms with Crippen molar-refractivity contribution in [3.05, 3.63) is 82.7 Å². The van der Waals surface area contributed by atoms with Crippen molar-refractivity contribution in [3.8, 4) is 0 Å². The number of hydrogen-bond donors (Lipinski definition) is 0. The number of fused-ring (bicyclic) bond motifs is 1. The molecule has 32 heavy (non-hydrogen) atoms. The van der Waals surface area contributed by atoms with E-state index in [1.54, 1.807) is 24.4 Å². The maximum atomic E-state index is 13.0. The molecule has 1 aromatic carbocycles. The fraction of sp³-hybridized carbons (Fsp3) is 0.333. The van der Waals surface area contributed by atoms with Crippen molar-refractivity contribution in [1.29, 1.82) is 0 Å². The number of halogens is 3.